The lowest BCUT2D eigenvalue weighted by Crippen LogP contribution is -2.00. The number of nitrogens with one attached hydrogen (secondary N) is 2. The molecule has 136 valence electrons. The predicted octanol–water partition coefficient (Wildman–Crippen LogP) is 4.45. The van der Waals surface area contributed by atoms with Crippen LogP contribution in [0.4, 0.5) is 27.5 Å². The Morgan fingerprint density at radius 2 is 1.69 bits per heavy atom. The summed E-state index contributed by atoms with van der Waals surface area (Å²) in [4.78, 5) is 8.35. The van der Waals surface area contributed by atoms with E-state index < -0.39 is 9.05 Å². The lowest BCUT2D eigenvalue weighted by Gasteiger charge is -2.08. The number of rotatable bonds is 5. The fraction of sp³-hybridized carbons (Fsp3) is 0. The summed E-state index contributed by atoms with van der Waals surface area (Å²) in [6, 6.07) is 13.5. The molecule has 3 rings (SSSR count). The van der Waals surface area contributed by atoms with Crippen molar-refractivity contribution >= 4 is 55.3 Å². The van der Waals surface area contributed by atoms with Crippen molar-refractivity contribution in [3.63, 3.8) is 0 Å². The number of anilines is 4. The van der Waals surface area contributed by atoms with Crippen LogP contribution in [0.3, 0.4) is 0 Å². The van der Waals surface area contributed by atoms with Crippen molar-refractivity contribution in [1.29, 1.82) is 0 Å². The van der Waals surface area contributed by atoms with Gasteiger partial charge in [-0.2, -0.15) is 4.98 Å². The Labute approximate surface area is 160 Å². The van der Waals surface area contributed by atoms with Gasteiger partial charge in [0.1, 0.15) is 11.6 Å². The van der Waals surface area contributed by atoms with Gasteiger partial charge in [0.25, 0.3) is 9.05 Å². The smallest absolute Gasteiger partial charge is 0.261 e. The molecule has 2 aromatic carbocycles. The molecule has 0 unspecified atom stereocenters. The minimum Gasteiger partial charge on any atom is -0.340 e. The zero-order valence-electron chi connectivity index (χ0n) is 13.1. The molecule has 0 bridgehead atoms. The summed E-state index contributed by atoms with van der Waals surface area (Å²) in [5, 5.41) is 5.92. The maximum absolute atomic E-state index is 13.2. The lowest BCUT2D eigenvalue weighted by atomic mass is 10.3. The topological polar surface area (TPSA) is 84.0 Å². The van der Waals surface area contributed by atoms with E-state index in [1.165, 1.54) is 30.5 Å². The van der Waals surface area contributed by atoms with Gasteiger partial charge in [0.15, 0.2) is 0 Å². The van der Waals surface area contributed by atoms with Crippen LogP contribution in [0, 0.1) is 5.82 Å². The van der Waals surface area contributed by atoms with Crippen LogP contribution in [0.1, 0.15) is 0 Å². The van der Waals surface area contributed by atoms with Crippen LogP contribution in [0.5, 0.6) is 0 Å². The molecule has 0 spiro atoms. The molecule has 0 atom stereocenters. The number of hydrogen-bond acceptors (Lipinski definition) is 6. The summed E-state index contributed by atoms with van der Waals surface area (Å²) in [6.45, 7) is 0. The molecule has 6 nitrogen and oxygen atoms in total. The predicted molar refractivity (Wildman–Crippen MR) is 102 cm³/mol. The minimum atomic E-state index is -3.76. The van der Waals surface area contributed by atoms with Gasteiger partial charge < -0.3 is 10.6 Å². The molecule has 2 N–H and O–H groups in total. The molecule has 0 aliphatic rings. The van der Waals surface area contributed by atoms with Crippen LogP contribution < -0.4 is 10.6 Å². The third-order valence-electron chi connectivity index (χ3n) is 3.14. The molecule has 1 aromatic heterocycles. The van der Waals surface area contributed by atoms with Crippen LogP contribution >= 0.6 is 23.1 Å². The highest BCUT2D eigenvalue weighted by Crippen LogP contribution is 2.21. The van der Waals surface area contributed by atoms with E-state index in [0.717, 1.165) is 0 Å². The monoisotopic (exact) mass is 414 g/mol. The summed E-state index contributed by atoms with van der Waals surface area (Å²) in [5.74, 6) is 0.415. The maximum atomic E-state index is 13.2. The van der Waals surface area contributed by atoms with E-state index in [2.05, 4.69) is 20.6 Å². The molecule has 0 saturated heterocycles. The first-order valence-electron chi connectivity index (χ1n) is 7.07. The van der Waals surface area contributed by atoms with Crippen LogP contribution in [-0.4, -0.2) is 18.4 Å². The fourth-order valence-electron chi connectivity index (χ4n) is 2.03. The second kappa shape index (κ2) is 8.31. The number of nitrogens with zero attached hydrogens (tertiary/aromatic N) is 2. The van der Waals surface area contributed by atoms with Crippen LogP contribution in [0.25, 0.3) is 0 Å². The highest BCUT2D eigenvalue weighted by molar-refractivity contribution is 8.13. The molecular formula is C16H13Cl2FN4O2S. The third kappa shape index (κ3) is 5.29. The Kier molecular flexibility index (Phi) is 6.36. The molecule has 0 fully saturated rings. The zero-order chi connectivity index (χ0) is 17.9. The van der Waals surface area contributed by atoms with Gasteiger partial charge in [0, 0.05) is 28.3 Å². The third-order valence-corrected chi connectivity index (χ3v) is 4.51. The van der Waals surface area contributed by atoms with Gasteiger partial charge in [-0.3, -0.25) is 0 Å². The average molecular weight is 415 g/mol. The van der Waals surface area contributed by atoms with E-state index in [-0.39, 0.29) is 23.1 Å². The van der Waals surface area contributed by atoms with Crippen molar-refractivity contribution < 1.29 is 12.8 Å². The number of aromatic nitrogens is 2. The van der Waals surface area contributed by atoms with Gasteiger partial charge in [-0.05, 0) is 48.5 Å². The van der Waals surface area contributed by atoms with E-state index in [9.17, 15) is 12.8 Å². The van der Waals surface area contributed by atoms with Gasteiger partial charge in [-0.25, -0.2) is 17.8 Å². The highest BCUT2D eigenvalue weighted by Gasteiger charge is 2.09. The molecule has 0 radical (unpaired) electrons. The molecular weight excluding hydrogens is 402 g/mol. The highest BCUT2D eigenvalue weighted by atomic mass is 35.7. The Hall–Kier alpha value is -2.42. The normalized spacial score (nSPS) is 10.7. The first-order valence-corrected chi connectivity index (χ1v) is 9.38. The van der Waals surface area contributed by atoms with Gasteiger partial charge in [0.2, 0.25) is 5.95 Å². The van der Waals surface area contributed by atoms with E-state index in [0.29, 0.717) is 23.1 Å². The molecule has 0 saturated carbocycles. The van der Waals surface area contributed by atoms with Crippen LogP contribution in [-0.2, 0) is 9.05 Å². The molecule has 0 aliphatic carbocycles. The summed E-state index contributed by atoms with van der Waals surface area (Å²) in [7, 11) is 1.51. The van der Waals surface area contributed by atoms with Gasteiger partial charge in [0.05, 0.1) is 4.90 Å². The lowest BCUT2D eigenvalue weighted by molar-refractivity contribution is 0.609. The van der Waals surface area contributed by atoms with Crippen LogP contribution in [0.15, 0.2) is 65.7 Å². The van der Waals surface area contributed by atoms with Crippen LogP contribution in [0.2, 0.25) is 0 Å². The molecule has 1 heterocycles. The number of benzene rings is 2. The first kappa shape index (κ1) is 19.9. The van der Waals surface area contributed by atoms with E-state index >= 15 is 0 Å². The van der Waals surface area contributed by atoms with Crippen molar-refractivity contribution in [3.8, 4) is 0 Å². The number of halogens is 3. The summed E-state index contributed by atoms with van der Waals surface area (Å²) in [5.41, 5.74) is 1.15. The maximum Gasteiger partial charge on any atom is 0.261 e. The zero-order valence-corrected chi connectivity index (χ0v) is 15.4. The van der Waals surface area contributed by atoms with Crippen molar-refractivity contribution in [1.82, 2.24) is 9.97 Å². The van der Waals surface area contributed by atoms with E-state index in [1.807, 2.05) is 0 Å². The average Bonchev–Trinajstić information content (AvgIpc) is 2.55. The Bertz CT molecular complexity index is 1000. The fourth-order valence-corrected chi connectivity index (χ4v) is 2.80. The summed E-state index contributed by atoms with van der Waals surface area (Å²) >= 11 is 0. The quantitative estimate of drug-likeness (QED) is 0.599. The Morgan fingerprint density at radius 1 is 0.962 bits per heavy atom. The van der Waals surface area contributed by atoms with Crippen molar-refractivity contribution in [3.05, 3.63) is 66.6 Å². The second-order valence-corrected chi connectivity index (χ2v) is 7.55. The SMILES string of the molecule is Cl.O=S(=O)(Cl)c1ccc(Nc2nccc(Nc3cccc(F)c3)n2)cc1. The molecule has 0 aliphatic heterocycles. The first-order chi connectivity index (χ1) is 11.9. The van der Waals surface area contributed by atoms with Crippen molar-refractivity contribution in [2.45, 2.75) is 4.90 Å². The van der Waals surface area contributed by atoms with E-state index in [4.69, 9.17) is 10.7 Å². The second-order valence-electron chi connectivity index (χ2n) is 4.99. The van der Waals surface area contributed by atoms with Gasteiger partial charge >= 0.3 is 0 Å². The summed E-state index contributed by atoms with van der Waals surface area (Å²) < 4.78 is 35.7. The molecule has 3 aromatic rings. The van der Waals surface area contributed by atoms with E-state index in [1.54, 1.807) is 30.3 Å². The van der Waals surface area contributed by atoms with Crippen molar-refractivity contribution in [2.75, 3.05) is 10.6 Å². The largest absolute Gasteiger partial charge is 0.340 e. The van der Waals surface area contributed by atoms with Gasteiger partial charge in [-0.1, -0.05) is 6.07 Å². The Balaban J connectivity index is 0.00000243. The molecule has 0 amide bonds. The molecule has 10 heteroatoms. The standard InChI is InChI=1S/C16H12ClFN4O2S.ClH/c17-25(23,24)14-6-4-12(5-7-14)21-16-19-9-8-15(22-16)20-13-3-1-2-11(18)10-13;/h1-10H,(H2,19,20,21,22);1H. The minimum absolute atomic E-state index is 0. The summed E-state index contributed by atoms with van der Waals surface area (Å²) in [6.07, 6.45) is 1.54. The van der Waals surface area contributed by atoms with Gasteiger partial charge in [-0.15, -0.1) is 12.4 Å². The van der Waals surface area contributed by atoms with Crippen molar-refractivity contribution in [2.24, 2.45) is 0 Å². The number of hydrogen-bond donors (Lipinski definition) is 2. The Morgan fingerprint density at radius 3 is 2.35 bits per heavy atom. The molecule has 26 heavy (non-hydrogen) atoms.